The normalized spacial score (nSPS) is 23.9. The maximum absolute atomic E-state index is 12.9. The predicted octanol–water partition coefficient (Wildman–Crippen LogP) is 3.22. The topological polar surface area (TPSA) is 43.8 Å². The molecule has 1 aromatic heterocycles. The van der Waals surface area contributed by atoms with E-state index >= 15 is 0 Å². The van der Waals surface area contributed by atoms with Crippen molar-refractivity contribution in [3.05, 3.63) is 47.3 Å². The van der Waals surface area contributed by atoms with Crippen LogP contribution in [0, 0.1) is 5.41 Å². The van der Waals surface area contributed by atoms with Crippen LogP contribution in [0.5, 0.6) is 0 Å². The third-order valence-electron chi connectivity index (χ3n) is 5.73. The van der Waals surface area contributed by atoms with Crippen molar-refractivity contribution >= 4 is 17.2 Å². The smallest absolute Gasteiger partial charge is 0.230 e. The first-order chi connectivity index (χ1) is 12.7. The van der Waals surface area contributed by atoms with Crippen LogP contribution in [0.2, 0.25) is 0 Å². The summed E-state index contributed by atoms with van der Waals surface area (Å²) < 4.78 is 0. The monoisotopic (exact) mass is 370 g/mol. The molecule has 1 N–H and O–H groups in total. The van der Waals surface area contributed by atoms with E-state index in [1.165, 1.54) is 15.3 Å². The third-order valence-corrected chi connectivity index (χ3v) is 6.85. The SMILES string of the molecule is O=C1N(CCO)CCCC12CCN(Cc1ccc(-c3ccccc3)s1)C2. The van der Waals surface area contributed by atoms with Gasteiger partial charge in [-0.3, -0.25) is 9.69 Å². The number of rotatable bonds is 5. The first-order valence-corrected chi connectivity index (χ1v) is 10.3. The number of amides is 1. The molecule has 0 bridgehead atoms. The van der Waals surface area contributed by atoms with Gasteiger partial charge in [-0.15, -0.1) is 11.3 Å². The maximum Gasteiger partial charge on any atom is 0.230 e. The summed E-state index contributed by atoms with van der Waals surface area (Å²) in [6.07, 6.45) is 2.99. The molecule has 1 amide bonds. The van der Waals surface area contributed by atoms with E-state index in [4.69, 9.17) is 0 Å². The van der Waals surface area contributed by atoms with Gasteiger partial charge in [0.15, 0.2) is 0 Å². The van der Waals surface area contributed by atoms with Crippen molar-refractivity contribution in [3.63, 3.8) is 0 Å². The van der Waals surface area contributed by atoms with E-state index in [0.29, 0.717) is 6.54 Å². The summed E-state index contributed by atoms with van der Waals surface area (Å²) in [5.74, 6) is 0.261. The number of β-amino-alcohol motifs (C(OH)–C–C–N with tert-alkyl or cyclic N) is 1. The molecule has 1 spiro atoms. The van der Waals surface area contributed by atoms with Gasteiger partial charge in [0, 0.05) is 35.9 Å². The van der Waals surface area contributed by atoms with E-state index in [2.05, 4.69) is 41.3 Å². The number of likely N-dealkylation sites (tertiary alicyclic amines) is 2. The summed E-state index contributed by atoms with van der Waals surface area (Å²) in [4.78, 5) is 19.9. The number of carbonyl (C=O) groups excluding carboxylic acids is 1. The van der Waals surface area contributed by atoms with Crippen molar-refractivity contribution in [3.8, 4) is 10.4 Å². The first-order valence-electron chi connectivity index (χ1n) is 9.47. The minimum atomic E-state index is -0.215. The molecule has 4 rings (SSSR count). The Kier molecular flexibility index (Phi) is 5.11. The fraction of sp³-hybridized carbons (Fsp3) is 0.476. The van der Waals surface area contributed by atoms with Crippen molar-refractivity contribution in [2.75, 3.05) is 32.8 Å². The Morgan fingerprint density at radius 1 is 1.08 bits per heavy atom. The molecular formula is C21H26N2O2S. The van der Waals surface area contributed by atoms with Crippen molar-refractivity contribution in [2.45, 2.75) is 25.8 Å². The first kappa shape index (κ1) is 17.7. The van der Waals surface area contributed by atoms with E-state index < -0.39 is 0 Å². The number of hydrogen-bond acceptors (Lipinski definition) is 4. The minimum absolute atomic E-state index is 0.0585. The molecule has 3 heterocycles. The van der Waals surface area contributed by atoms with Gasteiger partial charge in [-0.2, -0.15) is 0 Å². The number of aliphatic hydroxyl groups excluding tert-OH is 1. The van der Waals surface area contributed by atoms with Crippen LogP contribution in [0.15, 0.2) is 42.5 Å². The van der Waals surface area contributed by atoms with Crippen LogP contribution in [-0.2, 0) is 11.3 Å². The summed E-state index contributed by atoms with van der Waals surface area (Å²) in [6.45, 7) is 4.09. The van der Waals surface area contributed by atoms with E-state index in [-0.39, 0.29) is 17.9 Å². The second kappa shape index (κ2) is 7.51. The zero-order chi connectivity index (χ0) is 18.0. The molecular weight excluding hydrogens is 344 g/mol. The number of hydrogen-bond donors (Lipinski definition) is 1. The molecule has 2 aliphatic heterocycles. The summed E-state index contributed by atoms with van der Waals surface area (Å²) in [5.41, 5.74) is 1.05. The van der Waals surface area contributed by atoms with Crippen LogP contribution in [0.4, 0.5) is 0 Å². The van der Waals surface area contributed by atoms with Crippen LogP contribution >= 0.6 is 11.3 Å². The van der Waals surface area contributed by atoms with Gasteiger partial charge < -0.3 is 10.0 Å². The Hall–Kier alpha value is -1.69. The van der Waals surface area contributed by atoms with Gasteiger partial charge in [-0.1, -0.05) is 30.3 Å². The second-order valence-electron chi connectivity index (χ2n) is 7.49. The fourth-order valence-corrected chi connectivity index (χ4v) is 5.45. The molecule has 4 nitrogen and oxygen atoms in total. The summed E-state index contributed by atoms with van der Waals surface area (Å²) >= 11 is 1.85. The predicted molar refractivity (Wildman–Crippen MR) is 105 cm³/mol. The highest BCUT2D eigenvalue weighted by atomic mass is 32.1. The molecule has 2 saturated heterocycles. The molecule has 138 valence electrons. The molecule has 0 radical (unpaired) electrons. The fourth-order valence-electron chi connectivity index (χ4n) is 4.40. The third kappa shape index (κ3) is 3.43. The molecule has 1 atom stereocenters. The van der Waals surface area contributed by atoms with Gasteiger partial charge in [0.25, 0.3) is 0 Å². The van der Waals surface area contributed by atoms with E-state index in [0.717, 1.165) is 45.4 Å². The Balaban J connectivity index is 1.42. The average molecular weight is 371 g/mol. The van der Waals surface area contributed by atoms with E-state index in [1.54, 1.807) is 0 Å². The summed E-state index contributed by atoms with van der Waals surface area (Å²) in [6, 6.07) is 14.9. The second-order valence-corrected chi connectivity index (χ2v) is 8.66. The maximum atomic E-state index is 12.9. The van der Waals surface area contributed by atoms with Gasteiger partial charge >= 0.3 is 0 Å². The number of piperidine rings is 1. The highest BCUT2D eigenvalue weighted by molar-refractivity contribution is 7.15. The lowest BCUT2D eigenvalue weighted by atomic mass is 9.78. The average Bonchev–Trinajstić information content (AvgIpc) is 3.29. The van der Waals surface area contributed by atoms with Crippen LogP contribution < -0.4 is 0 Å². The van der Waals surface area contributed by atoms with E-state index in [9.17, 15) is 9.90 Å². The molecule has 0 saturated carbocycles. The number of nitrogens with zero attached hydrogens (tertiary/aromatic N) is 2. The van der Waals surface area contributed by atoms with Gasteiger partial charge in [0.1, 0.15) is 0 Å². The number of carbonyl (C=O) groups is 1. The number of thiophene rings is 1. The zero-order valence-electron chi connectivity index (χ0n) is 15.1. The Labute approximate surface area is 159 Å². The Morgan fingerprint density at radius 2 is 1.92 bits per heavy atom. The zero-order valence-corrected chi connectivity index (χ0v) is 15.9. The molecule has 1 aromatic carbocycles. The van der Waals surface area contributed by atoms with Crippen molar-refractivity contribution < 1.29 is 9.90 Å². The molecule has 2 aliphatic rings. The molecule has 0 aliphatic carbocycles. The minimum Gasteiger partial charge on any atom is -0.395 e. The Morgan fingerprint density at radius 3 is 2.73 bits per heavy atom. The lowest BCUT2D eigenvalue weighted by Gasteiger charge is -2.39. The van der Waals surface area contributed by atoms with Gasteiger partial charge in [0.05, 0.1) is 12.0 Å². The largest absolute Gasteiger partial charge is 0.395 e. The van der Waals surface area contributed by atoms with Crippen LogP contribution in [0.1, 0.15) is 24.1 Å². The van der Waals surface area contributed by atoms with Crippen LogP contribution in [0.25, 0.3) is 10.4 Å². The van der Waals surface area contributed by atoms with Gasteiger partial charge in [-0.05, 0) is 43.5 Å². The molecule has 2 aromatic rings. The number of aliphatic hydroxyl groups is 1. The Bertz CT molecular complexity index is 758. The summed E-state index contributed by atoms with van der Waals surface area (Å²) in [5, 5.41) is 9.21. The lowest BCUT2D eigenvalue weighted by Crippen LogP contribution is -2.50. The van der Waals surface area contributed by atoms with Crippen molar-refractivity contribution in [1.29, 1.82) is 0 Å². The van der Waals surface area contributed by atoms with Crippen molar-refractivity contribution in [2.24, 2.45) is 5.41 Å². The molecule has 2 fully saturated rings. The molecule has 26 heavy (non-hydrogen) atoms. The summed E-state index contributed by atoms with van der Waals surface area (Å²) in [7, 11) is 0. The quantitative estimate of drug-likeness (QED) is 0.879. The highest BCUT2D eigenvalue weighted by Crippen LogP contribution is 2.41. The number of benzene rings is 1. The van der Waals surface area contributed by atoms with Gasteiger partial charge in [-0.25, -0.2) is 0 Å². The highest BCUT2D eigenvalue weighted by Gasteiger charge is 2.48. The standard InChI is InChI=1S/C21H26N2O2S/c24-14-13-23-11-4-9-21(20(23)25)10-12-22(16-21)15-18-7-8-19(26-18)17-5-2-1-3-6-17/h1-3,5-8,24H,4,9-16H2. The molecule has 1 unspecified atom stereocenters. The molecule has 5 heteroatoms. The van der Waals surface area contributed by atoms with Crippen molar-refractivity contribution in [1.82, 2.24) is 9.80 Å². The van der Waals surface area contributed by atoms with Crippen LogP contribution in [0.3, 0.4) is 0 Å². The van der Waals surface area contributed by atoms with Gasteiger partial charge in [0.2, 0.25) is 5.91 Å². The van der Waals surface area contributed by atoms with Crippen LogP contribution in [-0.4, -0.2) is 53.6 Å². The lowest BCUT2D eigenvalue weighted by molar-refractivity contribution is -0.146. The van der Waals surface area contributed by atoms with E-state index in [1.807, 2.05) is 22.3 Å².